The Morgan fingerprint density at radius 2 is 1.70 bits per heavy atom. The molecule has 2 fully saturated rings. The Balaban J connectivity index is 1.25. The van der Waals surface area contributed by atoms with Gasteiger partial charge in [0.1, 0.15) is 12.5 Å². The number of alkyl halides is 4. The smallest absolute Gasteiger partial charge is 0.377 e. The van der Waals surface area contributed by atoms with Crippen molar-refractivity contribution in [1.29, 1.82) is 0 Å². The van der Waals surface area contributed by atoms with Gasteiger partial charge in [0.2, 0.25) is 5.60 Å². The number of ether oxygens (including phenoxy) is 1. The van der Waals surface area contributed by atoms with Gasteiger partial charge in [0.15, 0.2) is 0 Å². The number of amides is 2. The third-order valence-corrected chi connectivity index (χ3v) is 6.99. The molecular formula is C26H30F5N3O3. The molecule has 2 amide bonds. The lowest BCUT2D eigenvalue weighted by molar-refractivity contribution is -0.271. The van der Waals surface area contributed by atoms with E-state index in [1.807, 2.05) is 0 Å². The Morgan fingerprint density at radius 1 is 1.05 bits per heavy atom. The molecule has 0 aromatic heterocycles. The minimum absolute atomic E-state index is 0.0525. The first kappa shape index (κ1) is 27.3. The normalized spacial score (nSPS) is 19.2. The van der Waals surface area contributed by atoms with E-state index >= 15 is 0 Å². The van der Waals surface area contributed by atoms with Crippen molar-refractivity contribution in [3.8, 4) is 0 Å². The Labute approximate surface area is 211 Å². The van der Waals surface area contributed by atoms with Crippen molar-refractivity contribution in [3.05, 3.63) is 65.0 Å². The van der Waals surface area contributed by atoms with Gasteiger partial charge in [-0.25, -0.2) is 13.6 Å². The zero-order chi connectivity index (χ0) is 26.6. The molecule has 2 aromatic carbocycles. The molecule has 11 heteroatoms. The summed E-state index contributed by atoms with van der Waals surface area (Å²) < 4.78 is 71.7. The summed E-state index contributed by atoms with van der Waals surface area (Å²) in [5, 5.41) is 15.0. The van der Waals surface area contributed by atoms with Crippen LogP contribution in [0.4, 0.5) is 32.4 Å². The second kappa shape index (κ2) is 11.3. The third kappa shape index (κ3) is 6.58. The van der Waals surface area contributed by atoms with E-state index in [2.05, 4.69) is 15.5 Å². The van der Waals surface area contributed by atoms with Crippen molar-refractivity contribution >= 4 is 11.7 Å². The van der Waals surface area contributed by atoms with E-state index < -0.39 is 35.9 Å². The van der Waals surface area contributed by atoms with Crippen LogP contribution >= 0.6 is 0 Å². The molecule has 0 spiro atoms. The number of nitrogens with one attached hydrogen (secondary N) is 2. The molecule has 37 heavy (non-hydrogen) atoms. The van der Waals surface area contributed by atoms with Gasteiger partial charge in [-0.2, -0.15) is 13.2 Å². The summed E-state index contributed by atoms with van der Waals surface area (Å²) in [6, 6.07) is 9.47. The predicted octanol–water partition coefficient (Wildman–Crippen LogP) is 4.52. The summed E-state index contributed by atoms with van der Waals surface area (Å²) >= 11 is 0. The van der Waals surface area contributed by atoms with Crippen LogP contribution in [0.2, 0.25) is 0 Å². The number of carbonyl (C=O) groups excluding carboxylic acids is 1. The Morgan fingerprint density at radius 3 is 2.24 bits per heavy atom. The lowest BCUT2D eigenvalue weighted by Crippen LogP contribution is -2.50. The Kier molecular flexibility index (Phi) is 8.35. The van der Waals surface area contributed by atoms with E-state index in [4.69, 9.17) is 4.74 Å². The zero-order valence-corrected chi connectivity index (χ0v) is 20.2. The Hall–Kier alpha value is -2.76. The number of anilines is 1. The van der Waals surface area contributed by atoms with E-state index in [0.29, 0.717) is 32.1 Å². The number of carbonyl (C=O) groups is 1. The first-order valence-corrected chi connectivity index (χ1v) is 12.2. The number of hydrogen-bond donors (Lipinski definition) is 3. The summed E-state index contributed by atoms with van der Waals surface area (Å²) in [4.78, 5) is 14.1. The molecule has 0 aliphatic carbocycles. The van der Waals surface area contributed by atoms with Gasteiger partial charge < -0.3 is 20.5 Å². The molecular weight excluding hydrogens is 497 g/mol. The standard InChI is InChI=1S/C26H30F5N3O3/c27-16-25(36,26(29,30)31)20-4-1-18(2-5-20)13-34-9-7-17(8-10-34)11-19-3-6-23(22(28)12-19)33-24(35)32-21-14-37-15-21/h1-6,12,17,21,36H,7-11,13-16H2,(H2,32,33,35). The largest absolute Gasteiger partial charge is 0.424 e. The van der Waals surface area contributed by atoms with E-state index in [0.717, 1.165) is 49.2 Å². The summed E-state index contributed by atoms with van der Waals surface area (Å²) in [7, 11) is 0. The first-order valence-electron chi connectivity index (χ1n) is 12.2. The van der Waals surface area contributed by atoms with Crippen LogP contribution in [0.25, 0.3) is 0 Å². The summed E-state index contributed by atoms with van der Waals surface area (Å²) in [6.45, 7) is 1.03. The molecule has 0 saturated carbocycles. The van der Waals surface area contributed by atoms with Crippen LogP contribution < -0.4 is 10.6 Å². The minimum Gasteiger partial charge on any atom is -0.377 e. The van der Waals surface area contributed by atoms with Crippen LogP contribution in [-0.4, -0.2) is 61.2 Å². The van der Waals surface area contributed by atoms with E-state index in [-0.39, 0.29) is 11.7 Å². The lowest BCUT2D eigenvalue weighted by atomic mass is 9.89. The number of hydrogen-bond acceptors (Lipinski definition) is 4. The molecule has 2 heterocycles. The van der Waals surface area contributed by atoms with Gasteiger partial charge in [-0.3, -0.25) is 4.90 Å². The molecule has 2 saturated heterocycles. The van der Waals surface area contributed by atoms with E-state index in [9.17, 15) is 31.9 Å². The lowest BCUT2D eigenvalue weighted by Gasteiger charge is -2.32. The maximum absolute atomic E-state index is 14.5. The van der Waals surface area contributed by atoms with Crippen molar-refractivity contribution in [3.63, 3.8) is 0 Å². The quantitative estimate of drug-likeness (QED) is 0.442. The van der Waals surface area contributed by atoms with Gasteiger partial charge in [0.05, 0.1) is 24.9 Å². The average molecular weight is 528 g/mol. The molecule has 4 rings (SSSR count). The van der Waals surface area contributed by atoms with Crippen LogP contribution in [-0.2, 0) is 23.3 Å². The zero-order valence-electron chi connectivity index (χ0n) is 20.2. The molecule has 2 aromatic rings. The van der Waals surface area contributed by atoms with Crippen molar-refractivity contribution < 1.29 is 36.6 Å². The number of benzene rings is 2. The van der Waals surface area contributed by atoms with Crippen molar-refractivity contribution in [2.24, 2.45) is 5.92 Å². The number of aliphatic hydroxyl groups is 1. The minimum atomic E-state index is -5.11. The highest BCUT2D eigenvalue weighted by Gasteiger charge is 2.55. The molecule has 6 nitrogen and oxygen atoms in total. The fraction of sp³-hybridized carbons (Fsp3) is 0.500. The molecule has 2 aliphatic rings. The average Bonchev–Trinajstić information content (AvgIpc) is 2.83. The first-order chi connectivity index (χ1) is 17.6. The van der Waals surface area contributed by atoms with Crippen molar-refractivity contribution in [2.75, 3.05) is 38.3 Å². The van der Waals surface area contributed by atoms with Gasteiger partial charge in [-0.05, 0) is 67.1 Å². The van der Waals surface area contributed by atoms with Gasteiger partial charge in [0, 0.05) is 6.54 Å². The Bertz CT molecular complexity index is 1070. The number of piperidine rings is 1. The molecule has 202 valence electrons. The predicted molar refractivity (Wildman–Crippen MR) is 127 cm³/mol. The second-order valence-electron chi connectivity index (χ2n) is 9.76. The van der Waals surface area contributed by atoms with Gasteiger partial charge >= 0.3 is 12.2 Å². The monoisotopic (exact) mass is 527 g/mol. The molecule has 2 aliphatic heterocycles. The molecule has 1 atom stereocenters. The van der Waals surface area contributed by atoms with Crippen LogP contribution in [0, 0.1) is 11.7 Å². The van der Waals surface area contributed by atoms with Crippen LogP contribution in [0.5, 0.6) is 0 Å². The van der Waals surface area contributed by atoms with Crippen molar-refractivity contribution in [1.82, 2.24) is 10.2 Å². The molecule has 0 radical (unpaired) electrons. The van der Waals surface area contributed by atoms with Crippen molar-refractivity contribution in [2.45, 2.75) is 43.6 Å². The number of rotatable bonds is 8. The highest BCUT2D eigenvalue weighted by atomic mass is 19.4. The summed E-state index contributed by atoms with van der Waals surface area (Å²) in [6.07, 6.45) is -2.65. The van der Waals surface area contributed by atoms with Crippen LogP contribution in [0.1, 0.15) is 29.5 Å². The second-order valence-corrected chi connectivity index (χ2v) is 9.76. The summed E-state index contributed by atoms with van der Waals surface area (Å²) in [5.41, 5.74) is -2.30. The third-order valence-electron chi connectivity index (χ3n) is 6.99. The molecule has 3 N–H and O–H groups in total. The topological polar surface area (TPSA) is 73.8 Å². The van der Waals surface area contributed by atoms with E-state index in [1.165, 1.54) is 18.2 Å². The molecule has 1 unspecified atom stereocenters. The van der Waals surface area contributed by atoms with Gasteiger partial charge in [-0.1, -0.05) is 30.3 Å². The number of urea groups is 1. The fourth-order valence-corrected chi connectivity index (χ4v) is 4.59. The fourth-order valence-electron chi connectivity index (χ4n) is 4.59. The highest BCUT2D eigenvalue weighted by Crippen LogP contribution is 2.39. The van der Waals surface area contributed by atoms with E-state index in [1.54, 1.807) is 12.1 Å². The maximum atomic E-state index is 14.5. The van der Waals surface area contributed by atoms with Gasteiger partial charge in [-0.15, -0.1) is 0 Å². The SMILES string of the molecule is O=C(Nc1ccc(CC2CCN(Cc3ccc(C(O)(CF)C(F)(F)F)cc3)CC2)cc1F)NC1COC1. The number of likely N-dealkylation sites (tertiary alicyclic amines) is 1. The highest BCUT2D eigenvalue weighted by molar-refractivity contribution is 5.89. The maximum Gasteiger partial charge on any atom is 0.424 e. The van der Waals surface area contributed by atoms with Gasteiger partial charge in [0.25, 0.3) is 0 Å². The van der Waals surface area contributed by atoms with Crippen LogP contribution in [0.15, 0.2) is 42.5 Å². The molecule has 0 bridgehead atoms. The summed E-state index contributed by atoms with van der Waals surface area (Å²) in [5.74, 6) is -0.145. The van der Waals surface area contributed by atoms with Crippen LogP contribution in [0.3, 0.4) is 0 Å². The number of halogens is 5. The number of nitrogens with zero attached hydrogens (tertiary/aromatic N) is 1.